The number of anilines is 1. The first-order valence-electron chi connectivity index (χ1n) is 9.25. The lowest BCUT2D eigenvalue weighted by Crippen LogP contribution is -2.30. The van der Waals surface area contributed by atoms with Gasteiger partial charge < -0.3 is 20.0 Å². The summed E-state index contributed by atoms with van der Waals surface area (Å²) in [5.74, 6) is -0.856. The molecule has 3 N–H and O–H groups in total. The highest BCUT2D eigenvalue weighted by Gasteiger charge is 2.18. The van der Waals surface area contributed by atoms with Crippen LogP contribution in [0.2, 0.25) is 0 Å². The van der Waals surface area contributed by atoms with Gasteiger partial charge in [-0.25, -0.2) is 4.79 Å². The van der Waals surface area contributed by atoms with Crippen molar-refractivity contribution < 1.29 is 14.3 Å². The van der Waals surface area contributed by atoms with Crippen molar-refractivity contribution in [1.29, 1.82) is 0 Å². The van der Waals surface area contributed by atoms with E-state index in [9.17, 15) is 14.4 Å². The van der Waals surface area contributed by atoms with Gasteiger partial charge in [0.25, 0.3) is 5.91 Å². The lowest BCUT2D eigenvalue weighted by atomic mass is 10.1. The Balaban J connectivity index is 1.50. The minimum absolute atomic E-state index is 0.208. The number of hydrogen-bond donors (Lipinski definition) is 3. The zero-order chi connectivity index (χ0) is 20.1. The smallest absolute Gasteiger partial charge is 0.323 e. The molecular weight excluding hydrogens is 358 g/mol. The number of ether oxygens (including phenoxy) is 1. The summed E-state index contributed by atoms with van der Waals surface area (Å²) in [4.78, 5) is 40.8. The Labute approximate surface area is 162 Å². The molecule has 0 aliphatic rings. The molecular formula is C21H23N3O4. The molecule has 28 heavy (non-hydrogen) atoms. The standard InChI is InChI=1S/C21H23N3O4/c1-3-14-4-6-15(7-5-14)8-11-19(25)28-13(2)20(26)22-16-9-10-17-18(12-16)24-21(27)23-17/h4-7,9-10,12-13H,3,8,11H2,1-2H3,(H,22,26)(H2,23,24,27)/t13-/m0/s1. The highest BCUT2D eigenvalue weighted by molar-refractivity contribution is 5.96. The maximum absolute atomic E-state index is 12.3. The first-order valence-corrected chi connectivity index (χ1v) is 9.25. The van der Waals surface area contributed by atoms with Crippen molar-refractivity contribution in [2.24, 2.45) is 0 Å². The Bertz CT molecular complexity index is 1030. The van der Waals surface area contributed by atoms with Crippen LogP contribution in [0.15, 0.2) is 47.3 Å². The molecule has 0 saturated carbocycles. The average Bonchev–Trinajstić information content (AvgIpc) is 3.06. The molecule has 7 heteroatoms. The number of aromatic amines is 2. The summed E-state index contributed by atoms with van der Waals surface area (Å²) in [5, 5.41) is 2.68. The fourth-order valence-electron chi connectivity index (χ4n) is 2.85. The van der Waals surface area contributed by atoms with Gasteiger partial charge in [-0.2, -0.15) is 0 Å². The van der Waals surface area contributed by atoms with E-state index in [2.05, 4.69) is 22.2 Å². The van der Waals surface area contributed by atoms with Crippen LogP contribution < -0.4 is 11.0 Å². The zero-order valence-corrected chi connectivity index (χ0v) is 15.9. The number of carbonyl (C=O) groups is 2. The first kappa shape index (κ1) is 19.4. The van der Waals surface area contributed by atoms with Crippen LogP contribution in [0.1, 0.15) is 31.4 Å². The molecule has 0 radical (unpaired) electrons. The normalized spacial score (nSPS) is 11.9. The molecule has 1 heterocycles. The quantitative estimate of drug-likeness (QED) is 0.547. The number of hydrogen-bond acceptors (Lipinski definition) is 4. The Morgan fingerprint density at radius 1 is 1.04 bits per heavy atom. The van der Waals surface area contributed by atoms with Gasteiger partial charge in [0, 0.05) is 12.1 Å². The number of rotatable bonds is 7. The molecule has 0 saturated heterocycles. The molecule has 0 aliphatic heterocycles. The van der Waals surface area contributed by atoms with E-state index in [1.807, 2.05) is 24.3 Å². The number of benzene rings is 2. The van der Waals surface area contributed by atoms with E-state index in [1.165, 1.54) is 12.5 Å². The molecule has 2 aromatic carbocycles. The van der Waals surface area contributed by atoms with Crippen molar-refractivity contribution in [2.45, 2.75) is 39.2 Å². The minimum atomic E-state index is -0.920. The molecule has 0 unspecified atom stereocenters. The van der Waals surface area contributed by atoms with Gasteiger partial charge in [0.05, 0.1) is 11.0 Å². The van der Waals surface area contributed by atoms with E-state index in [0.717, 1.165) is 12.0 Å². The number of H-pyrrole nitrogens is 2. The molecule has 1 aromatic heterocycles. The van der Waals surface area contributed by atoms with Crippen LogP contribution in [-0.2, 0) is 27.2 Å². The molecule has 0 aliphatic carbocycles. The molecule has 3 rings (SSSR count). The minimum Gasteiger partial charge on any atom is -0.453 e. The Hall–Kier alpha value is -3.35. The van der Waals surface area contributed by atoms with Gasteiger partial charge in [-0.3, -0.25) is 9.59 Å². The van der Waals surface area contributed by atoms with Crippen molar-refractivity contribution in [3.63, 3.8) is 0 Å². The summed E-state index contributed by atoms with van der Waals surface area (Å²) in [5.41, 5.74) is 3.73. The Morgan fingerprint density at radius 3 is 2.43 bits per heavy atom. The molecule has 0 bridgehead atoms. The predicted molar refractivity (Wildman–Crippen MR) is 107 cm³/mol. The second-order valence-corrected chi connectivity index (χ2v) is 6.63. The van der Waals surface area contributed by atoms with Crippen molar-refractivity contribution >= 4 is 28.6 Å². The zero-order valence-electron chi connectivity index (χ0n) is 15.9. The van der Waals surface area contributed by atoms with Gasteiger partial charge in [0.2, 0.25) is 0 Å². The van der Waals surface area contributed by atoms with E-state index < -0.39 is 18.0 Å². The third-order valence-electron chi connectivity index (χ3n) is 4.51. The largest absolute Gasteiger partial charge is 0.453 e. The molecule has 146 valence electrons. The maximum Gasteiger partial charge on any atom is 0.323 e. The number of aryl methyl sites for hydroxylation is 2. The molecule has 0 spiro atoms. The molecule has 1 atom stereocenters. The van der Waals surface area contributed by atoms with Crippen LogP contribution in [0.5, 0.6) is 0 Å². The molecule has 7 nitrogen and oxygen atoms in total. The van der Waals surface area contributed by atoms with E-state index >= 15 is 0 Å². The monoisotopic (exact) mass is 381 g/mol. The summed E-state index contributed by atoms with van der Waals surface area (Å²) < 4.78 is 5.23. The van der Waals surface area contributed by atoms with Gasteiger partial charge in [-0.15, -0.1) is 0 Å². The van der Waals surface area contributed by atoms with Crippen molar-refractivity contribution in [3.8, 4) is 0 Å². The maximum atomic E-state index is 12.3. The number of fused-ring (bicyclic) bond motifs is 1. The fourth-order valence-corrected chi connectivity index (χ4v) is 2.85. The third kappa shape index (κ3) is 4.88. The Morgan fingerprint density at radius 2 is 1.71 bits per heavy atom. The molecule has 3 aromatic rings. The fraction of sp³-hybridized carbons (Fsp3) is 0.286. The Kier molecular flexibility index (Phi) is 5.93. The first-order chi connectivity index (χ1) is 13.4. The third-order valence-corrected chi connectivity index (χ3v) is 4.51. The topological polar surface area (TPSA) is 104 Å². The highest BCUT2D eigenvalue weighted by atomic mass is 16.5. The van der Waals surface area contributed by atoms with Crippen LogP contribution in [0.3, 0.4) is 0 Å². The summed E-state index contributed by atoms with van der Waals surface area (Å²) in [7, 11) is 0. The van der Waals surface area contributed by atoms with Gasteiger partial charge in [-0.05, 0) is 49.1 Å². The second kappa shape index (κ2) is 8.56. The summed E-state index contributed by atoms with van der Waals surface area (Å²) in [6.07, 6.45) is 0.826. The van der Waals surface area contributed by atoms with Gasteiger partial charge in [0.15, 0.2) is 6.10 Å². The van der Waals surface area contributed by atoms with Crippen LogP contribution in [0.25, 0.3) is 11.0 Å². The number of amides is 1. The number of aromatic nitrogens is 2. The second-order valence-electron chi connectivity index (χ2n) is 6.63. The van der Waals surface area contributed by atoms with Crippen LogP contribution in [0.4, 0.5) is 5.69 Å². The SMILES string of the molecule is CCc1ccc(CCC(=O)O[C@@H](C)C(=O)Nc2ccc3[nH]c(=O)[nH]c3c2)cc1. The van der Waals surface area contributed by atoms with Crippen LogP contribution in [0, 0.1) is 0 Å². The van der Waals surface area contributed by atoms with E-state index in [4.69, 9.17) is 4.74 Å². The highest BCUT2D eigenvalue weighted by Crippen LogP contribution is 2.15. The summed E-state index contributed by atoms with van der Waals surface area (Å²) in [6.45, 7) is 3.62. The number of esters is 1. The van der Waals surface area contributed by atoms with Gasteiger partial charge in [-0.1, -0.05) is 31.2 Å². The van der Waals surface area contributed by atoms with Crippen LogP contribution in [-0.4, -0.2) is 27.9 Å². The summed E-state index contributed by atoms with van der Waals surface area (Å²) in [6, 6.07) is 13.1. The number of imidazole rings is 1. The summed E-state index contributed by atoms with van der Waals surface area (Å²) >= 11 is 0. The average molecular weight is 381 g/mol. The molecule has 0 fully saturated rings. The van der Waals surface area contributed by atoms with Crippen molar-refractivity contribution in [1.82, 2.24) is 9.97 Å². The van der Waals surface area contributed by atoms with Crippen LogP contribution >= 0.6 is 0 Å². The molecule has 1 amide bonds. The van der Waals surface area contributed by atoms with Gasteiger partial charge in [0.1, 0.15) is 0 Å². The number of nitrogens with one attached hydrogen (secondary N) is 3. The lowest BCUT2D eigenvalue weighted by molar-refractivity contribution is -0.153. The lowest BCUT2D eigenvalue weighted by Gasteiger charge is -2.13. The predicted octanol–water partition coefficient (Wildman–Crippen LogP) is 2.92. The van der Waals surface area contributed by atoms with E-state index in [0.29, 0.717) is 23.1 Å². The van der Waals surface area contributed by atoms with Gasteiger partial charge >= 0.3 is 11.7 Å². The van der Waals surface area contributed by atoms with E-state index in [-0.39, 0.29) is 12.1 Å². The van der Waals surface area contributed by atoms with Crippen molar-refractivity contribution in [3.05, 3.63) is 64.1 Å². The van der Waals surface area contributed by atoms with Crippen molar-refractivity contribution in [2.75, 3.05) is 5.32 Å². The number of carbonyl (C=O) groups excluding carboxylic acids is 2. The van der Waals surface area contributed by atoms with E-state index in [1.54, 1.807) is 18.2 Å².